The van der Waals surface area contributed by atoms with Gasteiger partial charge in [0.2, 0.25) is 17.7 Å². The fraction of sp³-hybridized carbons (Fsp3) is 0.550. The van der Waals surface area contributed by atoms with Crippen LogP contribution in [0.3, 0.4) is 0 Å². The smallest absolute Gasteiger partial charge is 0.242 e. The number of fused-ring (bicyclic) bond motifs is 1. The lowest BCUT2D eigenvalue weighted by Gasteiger charge is -2.19. The average molecular weight is 390 g/mol. The van der Waals surface area contributed by atoms with Crippen LogP contribution in [0.15, 0.2) is 24.3 Å². The highest BCUT2D eigenvalue weighted by Gasteiger charge is 2.19. The summed E-state index contributed by atoms with van der Waals surface area (Å²) in [5, 5.41) is 11.1. The zero-order valence-corrected chi connectivity index (χ0v) is 16.5. The van der Waals surface area contributed by atoms with Gasteiger partial charge in [0.25, 0.3) is 0 Å². The first-order valence-electron chi connectivity index (χ1n) is 9.77. The van der Waals surface area contributed by atoms with Gasteiger partial charge in [-0.15, -0.1) is 0 Å². The van der Waals surface area contributed by atoms with Crippen LogP contribution in [-0.4, -0.2) is 56.0 Å². The Morgan fingerprint density at radius 3 is 2.64 bits per heavy atom. The Balaban J connectivity index is 2.05. The zero-order chi connectivity index (χ0) is 20.4. The van der Waals surface area contributed by atoms with Crippen LogP contribution in [0.1, 0.15) is 32.3 Å². The molecule has 0 fully saturated rings. The number of hydrogen-bond acceptors (Lipinski definition) is 5. The molecule has 0 aromatic heterocycles. The number of carbonyl (C=O) groups excluding carboxylic acids is 3. The van der Waals surface area contributed by atoms with E-state index in [1.165, 1.54) is 0 Å². The van der Waals surface area contributed by atoms with Gasteiger partial charge in [0.15, 0.2) is 0 Å². The molecule has 2 rings (SSSR count). The number of hydrogen-bond donors (Lipinski definition) is 4. The molecule has 3 amide bonds. The van der Waals surface area contributed by atoms with E-state index in [0.29, 0.717) is 19.6 Å². The van der Waals surface area contributed by atoms with E-state index in [9.17, 15) is 14.4 Å². The van der Waals surface area contributed by atoms with Gasteiger partial charge in [0.05, 0.1) is 13.1 Å². The second-order valence-corrected chi connectivity index (χ2v) is 6.90. The number of benzene rings is 1. The summed E-state index contributed by atoms with van der Waals surface area (Å²) in [6.45, 7) is 4.60. The predicted molar refractivity (Wildman–Crippen MR) is 106 cm³/mol. The van der Waals surface area contributed by atoms with Crippen molar-refractivity contribution in [3.8, 4) is 5.75 Å². The van der Waals surface area contributed by atoms with Gasteiger partial charge in [0, 0.05) is 12.6 Å². The van der Waals surface area contributed by atoms with E-state index in [2.05, 4.69) is 21.3 Å². The molecule has 2 atom stereocenters. The lowest BCUT2D eigenvalue weighted by atomic mass is 10.1. The van der Waals surface area contributed by atoms with Crippen molar-refractivity contribution < 1.29 is 19.1 Å². The Kier molecular flexibility index (Phi) is 8.74. The number of carbonyl (C=O) groups is 3. The zero-order valence-electron chi connectivity index (χ0n) is 16.5. The molecule has 28 heavy (non-hydrogen) atoms. The third kappa shape index (κ3) is 7.19. The van der Waals surface area contributed by atoms with E-state index < -0.39 is 6.04 Å². The summed E-state index contributed by atoms with van der Waals surface area (Å²) in [5.74, 6) is -0.0853. The van der Waals surface area contributed by atoms with E-state index in [1.54, 1.807) is 0 Å². The van der Waals surface area contributed by atoms with Crippen LogP contribution in [0.4, 0.5) is 0 Å². The highest BCUT2D eigenvalue weighted by molar-refractivity contribution is 5.90. The van der Waals surface area contributed by atoms with E-state index in [4.69, 9.17) is 4.74 Å². The van der Waals surface area contributed by atoms with Gasteiger partial charge >= 0.3 is 0 Å². The minimum atomic E-state index is -0.614. The van der Waals surface area contributed by atoms with Crippen LogP contribution in [0, 0.1) is 0 Å². The predicted octanol–water partition coefficient (Wildman–Crippen LogP) is 0.117. The molecule has 0 aliphatic carbocycles. The van der Waals surface area contributed by atoms with Crippen LogP contribution < -0.4 is 26.0 Å². The minimum absolute atomic E-state index is 0.0322. The minimum Gasteiger partial charge on any atom is -0.492 e. The molecule has 154 valence electrons. The highest BCUT2D eigenvalue weighted by Crippen LogP contribution is 2.19. The largest absolute Gasteiger partial charge is 0.492 e. The third-order valence-electron chi connectivity index (χ3n) is 4.50. The van der Waals surface area contributed by atoms with E-state index in [1.807, 2.05) is 38.1 Å². The van der Waals surface area contributed by atoms with Gasteiger partial charge < -0.3 is 26.0 Å². The van der Waals surface area contributed by atoms with Crippen LogP contribution in [0.5, 0.6) is 5.75 Å². The lowest BCUT2D eigenvalue weighted by Crippen LogP contribution is -2.50. The van der Waals surface area contributed by atoms with Crippen LogP contribution in [0.25, 0.3) is 0 Å². The quantitative estimate of drug-likeness (QED) is 0.545. The summed E-state index contributed by atoms with van der Waals surface area (Å²) >= 11 is 0. The summed E-state index contributed by atoms with van der Waals surface area (Å²) in [7, 11) is 0. The SMILES string of the molecule is CCC1NC(=O)CNC(=O)CN[C@@H](C)COc2ccccc2CCCNC1=O. The molecule has 1 heterocycles. The van der Waals surface area contributed by atoms with Gasteiger partial charge in [-0.05, 0) is 37.8 Å². The second-order valence-electron chi connectivity index (χ2n) is 6.90. The molecule has 8 nitrogen and oxygen atoms in total. The number of rotatable bonds is 1. The number of aryl methyl sites for hydroxylation is 1. The maximum absolute atomic E-state index is 12.3. The normalized spacial score (nSPS) is 23.1. The molecule has 0 bridgehead atoms. The summed E-state index contributed by atoms with van der Waals surface area (Å²) in [6.07, 6.45) is 2.01. The molecule has 0 spiro atoms. The topological polar surface area (TPSA) is 109 Å². The maximum atomic E-state index is 12.3. The molecule has 1 aromatic rings. The first-order chi connectivity index (χ1) is 13.5. The van der Waals surface area contributed by atoms with Gasteiger partial charge in [-0.25, -0.2) is 0 Å². The van der Waals surface area contributed by atoms with Crippen molar-refractivity contribution >= 4 is 17.7 Å². The Bertz CT molecular complexity index is 680. The molecule has 1 unspecified atom stereocenters. The lowest BCUT2D eigenvalue weighted by molar-refractivity contribution is -0.129. The summed E-state index contributed by atoms with van der Waals surface area (Å²) in [6, 6.07) is 7.17. The van der Waals surface area contributed by atoms with E-state index in [-0.39, 0.29) is 36.9 Å². The highest BCUT2D eigenvalue weighted by atomic mass is 16.5. The van der Waals surface area contributed by atoms with Crippen molar-refractivity contribution in [3.05, 3.63) is 29.8 Å². The molecule has 0 saturated heterocycles. The second kappa shape index (κ2) is 11.3. The number of nitrogens with one attached hydrogen (secondary N) is 4. The van der Waals surface area contributed by atoms with Crippen molar-refractivity contribution in [2.24, 2.45) is 0 Å². The summed E-state index contributed by atoms with van der Waals surface area (Å²) in [5.41, 5.74) is 1.07. The van der Waals surface area contributed by atoms with E-state index in [0.717, 1.165) is 24.2 Å². The first-order valence-corrected chi connectivity index (χ1v) is 9.77. The molecule has 0 radical (unpaired) electrons. The van der Waals surface area contributed by atoms with Crippen molar-refractivity contribution in [1.82, 2.24) is 21.3 Å². The van der Waals surface area contributed by atoms with Crippen molar-refractivity contribution in [3.63, 3.8) is 0 Å². The first kappa shape index (κ1) is 21.7. The molecular formula is C20H30N4O4. The molecule has 0 saturated carbocycles. The average Bonchev–Trinajstić information content (AvgIpc) is 2.70. The summed E-state index contributed by atoms with van der Waals surface area (Å²) in [4.78, 5) is 36.2. The van der Waals surface area contributed by atoms with Gasteiger partial charge in [-0.2, -0.15) is 0 Å². The van der Waals surface area contributed by atoms with Crippen molar-refractivity contribution in [2.75, 3.05) is 26.2 Å². The Hall–Kier alpha value is -2.61. The Morgan fingerprint density at radius 2 is 1.86 bits per heavy atom. The number of para-hydroxylation sites is 1. The molecule has 1 aromatic carbocycles. The number of ether oxygens (including phenoxy) is 1. The van der Waals surface area contributed by atoms with Gasteiger partial charge in [-0.3, -0.25) is 14.4 Å². The van der Waals surface area contributed by atoms with Crippen LogP contribution in [0.2, 0.25) is 0 Å². The van der Waals surface area contributed by atoms with Crippen molar-refractivity contribution in [1.29, 1.82) is 0 Å². The Labute approximate surface area is 165 Å². The van der Waals surface area contributed by atoms with E-state index >= 15 is 0 Å². The molecular weight excluding hydrogens is 360 g/mol. The van der Waals surface area contributed by atoms with Gasteiger partial charge in [0.1, 0.15) is 18.4 Å². The number of amides is 3. The molecule has 1 aliphatic heterocycles. The van der Waals surface area contributed by atoms with Crippen molar-refractivity contribution in [2.45, 2.75) is 45.2 Å². The third-order valence-corrected chi connectivity index (χ3v) is 4.50. The monoisotopic (exact) mass is 390 g/mol. The summed E-state index contributed by atoms with van der Waals surface area (Å²) < 4.78 is 5.91. The Morgan fingerprint density at radius 1 is 1.07 bits per heavy atom. The maximum Gasteiger partial charge on any atom is 0.242 e. The van der Waals surface area contributed by atoms with Crippen LogP contribution >= 0.6 is 0 Å². The fourth-order valence-electron chi connectivity index (χ4n) is 2.85. The molecule has 8 heteroatoms. The standard InChI is InChI=1S/C20H30N4O4/c1-3-16-20(27)21-10-6-8-15-7-4-5-9-17(15)28-13-14(2)22-11-18(25)23-12-19(26)24-16/h4-5,7,9,14,16,22H,3,6,8,10-13H2,1-2H3,(H,21,27)(H,23,25)(H,24,26)/t14-,16?/m0/s1. The molecule has 4 N–H and O–H groups in total. The van der Waals surface area contributed by atoms with Gasteiger partial charge in [-0.1, -0.05) is 25.1 Å². The van der Waals surface area contributed by atoms with Crippen LogP contribution in [-0.2, 0) is 20.8 Å². The fourth-order valence-corrected chi connectivity index (χ4v) is 2.85. The molecule has 1 aliphatic rings.